The van der Waals surface area contributed by atoms with Gasteiger partial charge in [-0.3, -0.25) is 0 Å². The van der Waals surface area contributed by atoms with Crippen LogP contribution in [0.5, 0.6) is 0 Å². The summed E-state index contributed by atoms with van der Waals surface area (Å²) in [4.78, 5) is 22.7. The molecule has 0 aromatic heterocycles. The van der Waals surface area contributed by atoms with E-state index in [1.165, 1.54) is 0 Å². The van der Waals surface area contributed by atoms with Gasteiger partial charge in [0, 0.05) is 29.6 Å². The minimum absolute atomic E-state index is 0.259. The van der Waals surface area contributed by atoms with E-state index in [1.807, 2.05) is 48.5 Å². The van der Waals surface area contributed by atoms with Gasteiger partial charge in [0.1, 0.15) is 6.61 Å². The number of carbonyl (C=O) groups is 2. The molecule has 0 aliphatic rings. The lowest BCUT2D eigenvalue weighted by atomic mass is 10.0. The summed E-state index contributed by atoms with van der Waals surface area (Å²) in [6.07, 6.45) is 1.14. The molecular formula is C26H26O4. The third kappa shape index (κ3) is 7.44. The fourth-order valence-corrected chi connectivity index (χ4v) is 2.48. The average molecular weight is 402 g/mol. The maximum absolute atomic E-state index is 11.4. The van der Waals surface area contributed by atoms with E-state index in [0.29, 0.717) is 30.6 Å². The zero-order valence-electron chi connectivity index (χ0n) is 17.5. The molecule has 0 fully saturated rings. The lowest BCUT2D eigenvalue weighted by Gasteiger charge is -2.06. The molecule has 0 unspecified atom stereocenters. The molecule has 2 aromatic carbocycles. The Kier molecular flexibility index (Phi) is 8.65. The van der Waals surface area contributed by atoms with Crippen molar-refractivity contribution in [2.24, 2.45) is 0 Å². The van der Waals surface area contributed by atoms with Gasteiger partial charge in [0.05, 0.1) is 6.61 Å². The van der Waals surface area contributed by atoms with Crippen molar-refractivity contribution < 1.29 is 19.1 Å². The Hall–Kier alpha value is -3.58. The molecule has 0 aliphatic heterocycles. The summed E-state index contributed by atoms with van der Waals surface area (Å²) in [5, 5.41) is 0. The van der Waals surface area contributed by atoms with Crippen molar-refractivity contribution in [3.63, 3.8) is 0 Å². The van der Waals surface area contributed by atoms with Gasteiger partial charge in [-0.2, -0.15) is 0 Å². The quantitative estimate of drug-likeness (QED) is 0.273. The van der Waals surface area contributed by atoms with Gasteiger partial charge >= 0.3 is 11.9 Å². The van der Waals surface area contributed by atoms with Crippen LogP contribution in [-0.2, 0) is 25.5 Å². The van der Waals surface area contributed by atoms with Gasteiger partial charge in [-0.25, -0.2) is 9.59 Å². The molecule has 154 valence electrons. The van der Waals surface area contributed by atoms with E-state index in [0.717, 1.165) is 22.3 Å². The Labute approximate surface area is 178 Å². The summed E-state index contributed by atoms with van der Waals surface area (Å²) in [5.41, 5.74) is 4.99. The smallest absolute Gasteiger partial charge is 0.333 e. The predicted molar refractivity (Wildman–Crippen MR) is 119 cm³/mol. The van der Waals surface area contributed by atoms with E-state index in [2.05, 4.69) is 25.0 Å². The van der Waals surface area contributed by atoms with Crippen LogP contribution >= 0.6 is 0 Å². The lowest BCUT2D eigenvalue weighted by Crippen LogP contribution is -2.07. The highest BCUT2D eigenvalue weighted by Gasteiger charge is 2.04. The first kappa shape index (κ1) is 22.7. The molecule has 0 aliphatic carbocycles. The number of benzene rings is 2. The molecular weight excluding hydrogens is 376 g/mol. The maximum Gasteiger partial charge on any atom is 0.333 e. The molecule has 0 heterocycles. The molecule has 4 nitrogen and oxygen atoms in total. The monoisotopic (exact) mass is 402 g/mol. The Morgan fingerprint density at radius 1 is 0.800 bits per heavy atom. The van der Waals surface area contributed by atoms with E-state index >= 15 is 0 Å². The fraction of sp³-hybridized carbons (Fsp3) is 0.231. The van der Waals surface area contributed by atoms with Crippen LogP contribution in [0.1, 0.15) is 31.4 Å². The van der Waals surface area contributed by atoms with Gasteiger partial charge < -0.3 is 9.47 Å². The largest absolute Gasteiger partial charge is 0.462 e. The molecule has 0 atom stereocenters. The van der Waals surface area contributed by atoms with Crippen LogP contribution in [0.25, 0.3) is 11.1 Å². The first-order valence-corrected chi connectivity index (χ1v) is 9.70. The average Bonchev–Trinajstić information content (AvgIpc) is 2.74. The second-order valence-electron chi connectivity index (χ2n) is 6.91. The van der Waals surface area contributed by atoms with Gasteiger partial charge in [0.15, 0.2) is 0 Å². The Bertz CT molecular complexity index is 970. The zero-order valence-corrected chi connectivity index (χ0v) is 17.5. The summed E-state index contributed by atoms with van der Waals surface area (Å²) in [6.45, 7) is 10.9. The van der Waals surface area contributed by atoms with Crippen molar-refractivity contribution in [3.8, 4) is 23.0 Å². The second kappa shape index (κ2) is 11.4. The highest BCUT2D eigenvalue weighted by Crippen LogP contribution is 2.20. The van der Waals surface area contributed by atoms with Gasteiger partial charge in [0.2, 0.25) is 0 Å². The van der Waals surface area contributed by atoms with E-state index in [9.17, 15) is 9.59 Å². The first-order chi connectivity index (χ1) is 14.4. The van der Waals surface area contributed by atoms with Crippen molar-refractivity contribution in [2.75, 3.05) is 13.2 Å². The normalized spacial score (nSPS) is 9.80. The Balaban J connectivity index is 1.85. The minimum atomic E-state index is -0.389. The third-order valence-electron chi connectivity index (χ3n) is 4.19. The van der Waals surface area contributed by atoms with Gasteiger partial charge in [-0.15, -0.1) is 0 Å². The van der Waals surface area contributed by atoms with Crippen molar-refractivity contribution >= 4 is 11.9 Å². The topological polar surface area (TPSA) is 52.6 Å². The molecule has 0 saturated carbocycles. The standard InChI is InChI=1S/C26H26O4/c1-19(2)25(27)29-17-6-5-7-21-8-12-23(13-9-21)24-14-10-22(11-15-24)16-18-30-26(28)20(3)4/h8-15H,1,3,6,16-18H2,2,4H3. The Morgan fingerprint density at radius 3 is 1.83 bits per heavy atom. The van der Waals surface area contributed by atoms with Crippen molar-refractivity contribution in [2.45, 2.75) is 26.7 Å². The number of esters is 2. The molecule has 0 saturated heterocycles. The summed E-state index contributed by atoms with van der Waals surface area (Å²) in [6, 6.07) is 16.1. The van der Waals surface area contributed by atoms with Crippen LogP contribution < -0.4 is 0 Å². The third-order valence-corrected chi connectivity index (χ3v) is 4.19. The number of hydrogen-bond acceptors (Lipinski definition) is 4. The molecule has 2 aromatic rings. The van der Waals surface area contributed by atoms with E-state index in [4.69, 9.17) is 9.47 Å². The molecule has 30 heavy (non-hydrogen) atoms. The van der Waals surface area contributed by atoms with Crippen molar-refractivity contribution in [3.05, 3.63) is 84.0 Å². The summed E-state index contributed by atoms with van der Waals surface area (Å²) in [5.74, 6) is 5.32. The van der Waals surface area contributed by atoms with Crippen LogP contribution in [0.4, 0.5) is 0 Å². The summed E-state index contributed by atoms with van der Waals surface area (Å²) in [7, 11) is 0. The zero-order chi connectivity index (χ0) is 21.9. The highest BCUT2D eigenvalue weighted by molar-refractivity contribution is 5.87. The molecule has 0 amide bonds. The van der Waals surface area contributed by atoms with E-state index in [-0.39, 0.29) is 18.5 Å². The molecule has 0 spiro atoms. The summed E-state index contributed by atoms with van der Waals surface area (Å²) >= 11 is 0. The van der Waals surface area contributed by atoms with Crippen molar-refractivity contribution in [1.82, 2.24) is 0 Å². The van der Waals surface area contributed by atoms with Gasteiger partial charge in [-0.1, -0.05) is 61.4 Å². The fourth-order valence-electron chi connectivity index (χ4n) is 2.48. The molecule has 0 bridgehead atoms. The number of rotatable bonds is 8. The number of ether oxygens (including phenoxy) is 2. The first-order valence-electron chi connectivity index (χ1n) is 9.70. The van der Waals surface area contributed by atoms with Crippen molar-refractivity contribution in [1.29, 1.82) is 0 Å². The van der Waals surface area contributed by atoms with Gasteiger partial charge in [0.25, 0.3) is 0 Å². The van der Waals surface area contributed by atoms with Crippen LogP contribution in [0.2, 0.25) is 0 Å². The van der Waals surface area contributed by atoms with Crippen LogP contribution in [0.15, 0.2) is 72.8 Å². The number of hydrogen-bond donors (Lipinski definition) is 0. The second-order valence-corrected chi connectivity index (χ2v) is 6.91. The predicted octanol–water partition coefficient (Wildman–Crippen LogP) is 4.88. The minimum Gasteiger partial charge on any atom is -0.462 e. The maximum atomic E-state index is 11.4. The highest BCUT2D eigenvalue weighted by atomic mass is 16.5. The number of carbonyl (C=O) groups excluding carboxylic acids is 2. The van der Waals surface area contributed by atoms with E-state index in [1.54, 1.807) is 13.8 Å². The van der Waals surface area contributed by atoms with Crippen LogP contribution in [0.3, 0.4) is 0 Å². The SMILES string of the molecule is C=C(C)C(=O)OCCC#Cc1ccc(-c2ccc(CCOC(=O)C(=C)C)cc2)cc1. The molecule has 2 rings (SSSR count). The van der Waals surface area contributed by atoms with Gasteiger partial charge in [-0.05, 0) is 42.7 Å². The molecule has 0 radical (unpaired) electrons. The summed E-state index contributed by atoms with van der Waals surface area (Å²) < 4.78 is 10.1. The van der Waals surface area contributed by atoms with Crippen LogP contribution in [-0.4, -0.2) is 25.2 Å². The van der Waals surface area contributed by atoms with E-state index < -0.39 is 0 Å². The lowest BCUT2D eigenvalue weighted by molar-refractivity contribution is -0.139. The van der Waals surface area contributed by atoms with Crippen LogP contribution in [0, 0.1) is 11.8 Å². The molecule has 4 heteroatoms. The molecule has 0 N–H and O–H groups in total. The Morgan fingerprint density at radius 2 is 1.30 bits per heavy atom.